The molecule has 1 fully saturated rings. The Kier molecular flexibility index (Phi) is 5.46. The van der Waals surface area contributed by atoms with E-state index in [4.69, 9.17) is 20.7 Å². The van der Waals surface area contributed by atoms with Crippen molar-refractivity contribution in [2.24, 2.45) is 5.73 Å². The monoisotopic (exact) mass is 324 g/mol. The van der Waals surface area contributed by atoms with Gasteiger partial charge in [-0.1, -0.05) is 0 Å². The molecule has 9 N–H and O–H groups in total. The smallest absolute Gasteiger partial charge is 0.331 e. The van der Waals surface area contributed by atoms with Gasteiger partial charge in [-0.25, -0.2) is 4.79 Å². The summed E-state index contributed by atoms with van der Waals surface area (Å²) in [7, 11) is 0. The van der Waals surface area contributed by atoms with Crippen molar-refractivity contribution in [3.8, 4) is 0 Å². The number of carbonyl (C=O) groups excluding carboxylic acids is 1. The minimum absolute atomic E-state index is 0.786. The molecule has 0 saturated carbocycles. The topological polar surface area (TPSA) is 203 Å². The number of aliphatic carboxylic acids is 1. The third-order valence-electron chi connectivity index (χ3n) is 3.63. The first-order valence-electron chi connectivity index (χ1n) is 6.32. The zero-order chi connectivity index (χ0) is 17.3. The van der Waals surface area contributed by atoms with E-state index in [0.29, 0.717) is 0 Å². The number of hydrogen-bond donors (Lipinski definition) is 8. The van der Waals surface area contributed by atoms with Gasteiger partial charge in [0.25, 0.3) is 0 Å². The normalized spacial score (nSPS) is 38.1. The lowest BCUT2D eigenvalue weighted by atomic mass is 9.78. The number of nitrogens with one attached hydrogen (secondary N) is 1. The Morgan fingerprint density at radius 3 is 2.23 bits per heavy atom. The van der Waals surface area contributed by atoms with Crippen LogP contribution in [0.15, 0.2) is 0 Å². The molecule has 1 rings (SSSR count). The van der Waals surface area contributed by atoms with E-state index < -0.39 is 60.8 Å². The lowest BCUT2D eigenvalue weighted by Gasteiger charge is -2.52. The summed E-state index contributed by atoms with van der Waals surface area (Å²) in [6, 6.07) is -1.86. The van der Waals surface area contributed by atoms with Crippen LogP contribution in [0.3, 0.4) is 0 Å². The standard InChI is InChI=1S/C11H20N2O9/c1-4(16)13-8-7(18)6(17)5(2-14)22-11(8,21)10(12,3-15)9(19)20/h5-8,14-15,17-18,21H,2-3,12H2,1H3,(H,13,16)(H,19,20)/t5-,6-,7+,8-,10+,11+/m1/s1. The van der Waals surface area contributed by atoms with Crippen LogP contribution in [0, 0.1) is 0 Å². The third-order valence-corrected chi connectivity index (χ3v) is 3.63. The first-order valence-corrected chi connectivity index (χ1v) is 6.32. The Labute approximate surface area is 124 Å². The highest BCUT2D eigenvalue weighted by atomic mass is 16.7. The summed E-state index contributed by atoms with van der Waals surface area (Å²) in [4.78, 5) is 22.5. The van der Waals surface area contributed by atoms with E-state index in [0.717, 1.165) is 6.92 Å². The highest BCUT2D eigenvalue weighted by Gasteiger charge is 2.66. The molecule has 1 aliphatic heterocycles. The molecular weight excluding hydrogens is 304 g/mol. The Balaban J connectivity index is 3.40. The summed E-state index contributed by atoms with van der Waals surface area (Å²) in [5.41, 5.74) is 2.65. The van der Waals surface area contributed by atoms with Crippen molar-refractivity contribution in [3.63, 3.8) is 0 Å². The van der Waals surface area contributed by atoms with Gasteiger partial charge in [0, 0.05) is 6.92 Å². The van der Waals surface area contributed by atoms with Crippen molar-refractivity contribution in [2.75, 3.05) is 13.2 Å². The molecule has 0 radical (unpaired) electrons. The van der Waals surface area contributed by atoms with Gasteiger partial charge < -0.3 is 46.4 Å². The molecule has 22 heavy (non-hydrogen) atoms. The average molecular weight is 324 g/mol. The van der Waals surface area contributed by atoms with Crippen LogP contribution in [-0.2, 0) is 14.3 Å². The molecule has 11 heteroatoms. The highest BCUT2D eigenvalue weighted by molar-refractivity contribution is 5.81. The molecule has 0 aromatic heterocycles. The van der Waals surface area contributed by atoms with Gasteiger partial charge in [-0.05, 0) is 0 Å². The first kappa shape index (κ1) is 18.7. The van der Waals surface area contributed by atoms with Crippen molar-refractivity contribution in [1.82, 2.24) is 5.32 Å². The van der Waals surface area contributed by atoms with Crippen LogP contribution in [0.25, 0.3) is 0 Å². The summed E-state index contributed by atoms with van der Waals surface area (Å²) in [6.45, 7) is -1.18. The fourth-order valence-corrected chi connectivity index (χ4v) is 2.29. The maximum Gasteiger partial charge on any atom is 0.331 e. The summed E-state index contributed by atoms with van der Waals surface area (Å²) >= 11 is 0. The van der Waals surface area contributed by atoms with Gasteiger partial charge >= 0.3 is 5.97 Å². The van der Waals surface area contributed by atoms with Gasteiger partial charge in [0.1, 0.15) is 24.4 Å². The van der Waals surface area contributed by atoms with Gasteiger partial charge in [-0.2, -0.15) is 0 Å². The Morgan fingerprint density at radius 2 is 1.86 bits per heavy atom. The second kappa shape index (κ2) is 6.42. The molecule has 1 aliphatic rings. The van der Waals surface area contributed by atoms with Crippen molar-refractivity contribution < 1.29 is 45.0 Å². The summed E-state index contributed by atoms with van der Waals surface area (Å²) < 4.78 is 4.95. The van der Waals surface area contributed by atoms with Gasteiger partial charge in [-0.3, -0.25) is 4.79 Å². The molecule has 11 nitrogen and oxygen atoms in total. The molecule has 0 spiro atoms. The third kappa shape index (κ3) is 2.79. The predicted octanol–water partition coefficient (Wildman–Crippen LogP) is -4.93. The fourth-order valence-electron chi connectivity index (χ4n) is 2.29. The van der Waals surface area contributed by atoms with Crippen LogP contribution in [0.4, 0.5) is 0 Å². The maximum absolute atomic E-state index is 11.3. The van der Waals surface area contributed by atoms with E-state index in [-0.39, 0.29) is 0 Å². The van der Waals surface area contributed by atoms with Crippen molar-refractivity contribution in [2.45, 2.75) is 42.6 Å². The van der Waals surface area contributed by atoms with E-state index in [2.05, 4.69) is 0 Å². The number of amides is 1. The highest BCUT2D eigenvalue weighted by Crippen LogP contribution is 2.35. The molecule has 0 aromatic carbocycles. The fraction of sp³-hybridized carbons (Fsp3) is 0.818. The van der Waals surface area contributed by atoms with Gasteiger partial charge in [0.2, 0.25) is 11.7 Å². The quantitative estimate of drug-likeness (QED) is 0.242. The second-order valence-electron chi connectivity index (χ2n) is 5.13. The van der Waals surface area contributed by atoms with E-state index in [9.17, 15) is 30.0 Å². The number of hydrogen-bond acceptors (Lipinski definition) is 9. The van der Waals surface area contributed by atoms with E-state index in [1.807, 2.05) is 5.32 Å². The number of carbonyl (C=O) groups is 2. The zero-order valence-corrected chi connectivity index (χ0v) is 11.7. The van der Waals surface area contributed by atoms with Crippen molar-refractivity contribution in [3.05, 3.63) is 0 Å². The summed E-state index contributed by atoms with van der Waals surface area (Å²) in [5.74, 6) is -5.66. The van der Waals surface area contributed by atoms with E-state index in [1.165, 1.54) is 0 Å². The molecule has 128 valence electrons. The van der Waals surface area contributed by atoms with Crippen LogP contribution in [0.5, 0.6) is 0 Å². The van der Waals surface area contributed by atoms with Gasteiger partial charge in [-0.15, -0.1) is 0 Å². The van der Waals surface area contributed by atoms with Gasteiger partial charge in [0.05, 0.1) is 13.2 Å². The number of nitrogens with two attached hydrogens (primary N) is 1. The minimum atomic E-state index is -2.99. The Morgan fingerprint density at radius 1 is 1.32 bits per heavy atom. The SMILES string of the molecule is CC(=O)N[C@@H]1[C@@H](O)[C@H](O)[C@@H](CO)O[C@]1(O)[C@](N)(CO)C(=O)O. The number of ether oxygens (including phenoxy) is 1. The average Bonchev–Trinajstić information content (AvgIpc) is 2.45. The van der Waals surface area contributed by atoms with Gasteiger partial charge in [0.15, 0.2) is 5.54 Å². The minimum Gasteiger partial charge on any atom is -0.480 e. The van der Waals surface area contributed by atoms with Crippen molar-refractivity contribution in [1.29, 1.82) is 0 Å². The molecule has 0 bridgehead atoms. The zero-order valence-electron chi connectivity index (χ0n) is 11.7. The van der Waals surface area contributed by atoms with Crippen LogP contribution in [0.2, 0.25) is 0 Å². The van der Waals surface area contributed by atoms with Crippen molar-refractivity contribution >= 4 is 11.9 Å². The first-order chi connectivity index (χ1) is 10.0. The lowest BCUT2D eigenvalue weighted by Crippen LogP contribution is -2.82. The molecule has 1 heterocycles. The van der Waals surface area contributed by atoms with Crippen LogP contribution < -0.4 is 11.1 Å². The molecule has 0 aromatic rings. The lowest BCUT2D eigenvalue weighted by molar-refractivity contribution is -0.342. The maximum atomic E-state index is 11.3. The largest absolute Gasteiger partial charge is 0.480 e. The molecule has 6 atom stereocenters. The molecule has 0 aliphatic carbocycles. The molecule has 1 amide bonds. The van der Waals surface area contributed by atoms with E-state index >= 15 is 0 Å². The Hall–Kier alpha value is -1.34. The van der Waals surface area contributed by atoms with Crippen LogP contribution in [0.1, 0.15) is 6.92 Å². The molecular formula is C11H20N2O9. The number of rotatable bonds is 5. The summed E-state index contributed by atoms with van der Waals surface area (Å²) in [5, 5.41) is 60.0. The molecule has 1 saturated heterocycles. The predicted molar refractivity (Wildman–Crippen MR) is 68.2 cm³/mol. The number of aliphatic hydroxyl groups excluding tert-OH is 4. The Bertz CT molecular complexity index is 447. The van der Waals surface area contributed by atoms with Crippen LogP contribution >= 0.6 is 0 Å². The van der Waals surface area contributed by atoms with Crippen LogP contribution in [-0.4, -0.2) is 91.4 Å². The summed E-state index contributed by atoms with van der Waals surface area (Å²) in [6.07, 6.45) is -5.23. The second-order valence-corrected chi connectivity index (χ2v) is 5.13. The number of carboxylic acids is 1. The number of carboxylic acid groups (broad SMARTS) is 1. The number of aliphatic hydroxyl groups is 5. The van der Waals surface area contributed by atoms with E-state index in [1.54, 1.807) is 0 Å². The molecule has 0 unspecified atom stereocenters.